The minimum Gasteiger partial charge on any atom is -0.398 e. The van der Waals surface area contributed by atoms with Crippen molar-refractivity contribution in [2.75, 3.05) is 7.05 Å². The predicted molar refractivity (Wildman–Crippen MR) is 117 cm³/mol. The van der Waals surface area contributed by atoms with Crippen LogP contribution in [0.3, 0.4) is 0 Å². The molecular formula is C23H26N4O3. The number of rotatable bonds is 5. The third-order valence-corrected chi connectivity index (χ3v) is 4.88. The van der Waals surface area contributed by atoms with Crippen molar-refractivity contribution < 1.29 is 15.8 Å². The molecule has 0 spiro atoms. The Kier molecular flexibility index (Phi) is 5.73. The maximum Gasteiger partial charge on any atom is 0.261 e. The number of nitrogens with zero attached hydrogens (tertiary/aromatic N) is 1. The molecule has 0 aliphatic carbocycles. The monoisotopic (exact) mass is 406 g/mol. The van der Waals surface area contributed by atoms with Gasteiger partial charge in [-0.25, -0.2) is 0 Å². The van der Waals surface area contributed by atoms with Gasteiger partial charge in [0.2, 0.25) is 5.91 Å². The van der Waals surface area contributed by atoms with Gasteiger partial charge in [0.15, 0.2) is 0 Å². The molecule has 2 aromatic carbocycles. The second-order valence-electron chi connectivity index (χ2n) is 7.35. The van der Waals surface area contributed by atoms with Gasteiger partial charge in [0, 0.05) is 14.2 Å². The average Bonchev–Trinajstić information content (AvgIpc) is 2.90. The fraction of sp³-hybridized carbons (Fsp3) is 0.174. The van der Waals surface area contributed by atoms with Gasteiger partial charge in [-0.2, -0.15) is 0 Å². The molecule has 0 fully saturated rings. The predicted octanol–water partition coefficient (Wildman–Crippen LogP) is 2.23. The molecule has 1 aliphatic rings. The molecule has 0 saturated carbocycles. The van der Waals surface area contributed by atoms with E-state index in [1.54, 1.807) is 18.2 Å². The van der Waals surface area contributed by atoms with E-state index in [4.69, 9.17) is 11.5 Å². The Bertz CT molecular complexity index is 1100. The molecule has 5 N–H and O–H groups in total. The van der Waals surface area contributed by atoms with E-state index in [2.05, 4.69) is 5.32 Å². The molecular weight excluding hydrogens is 380 g/mol. The molecule has 0 bridgehead atoms. The lowest BCUT2D eigenvalue weighted by molar-refractivity contribution is -0.119. The van der Waals surface area contributed by atoms with E-state index < -0.39 is 11.8 Å². The topological polar surface area (TPSA) is 119 Å². The maximum absolute atomic E-state index is 12.5. The van der Waals surface area contributed by atoms with E-state index in [-0.39, 0.29) is 25.1 Å². The number of carbonyl (C=O) groups is 3. The SMILES string of the molecule is Cc1ccc(/C(N)=C/C=C(\N)NC(=O)Cc2cc(C)cc3c2C(=O)N(C)C3=O)cc1.[HH]. The summed E-state index contributed by atoms with van der Waals surface area (Å²) in [4.78, 5) is 38.1. The van der Waals surface area contributed by atoms with Crippen molar-refractivity contribution in [1.82, 2.24) is 10.2 Å². The van der Waals surface area contributed by atoms with Crippen LogP contribution in [0.5, 0.6) is 0 Å². The average molecular weight is 406 g/mol. The molecule has 156 valence electrons. The summed E-state index contributed by atoms with van der Waals surface area (Å²) >= 11 is 0. The molecule has 3 rings (SSSR count). The molecule has 0 aromatic heterocycles. The van der Waals surface area contributed by atoms with Crippen molar-refractivity contribution in [1.29, 1.82) is 0 Å². The van der Waals surface area contributed by atoms with Gasteiger partial charge in [0.1, 0.15) is 5.82 Å². The highest BCUT2D eigenvalue weighted by Gasteiger charge is 2.35. The molecule has 1 heterocycles. The highest BCUT2D eigenvalue weighted by atomic mass is 16.2. The zero-order valence-corrected chi connectivity index (χ0v) is 17.2. The number of nitrogens with one attached hydrogen (secondary N) is 1. The van der Waals surface area contributed by atoms with Crippen LogP contribution in [0.1, 0.15) is 44.4 Å². The first-order valence-corrected chi connectivity index (χ1v) is 9.43. The summed E-state index contributed by atoms with van der Waals surface area (Å²) < 4.78 is 0. The summed E-state index contributed by atoms with van der Waals surface area (Å²) in [6.45, 7) is 3.80. The van der Waals surface area contributed by atoms with Crippen molar-refractivity contribution in [2.24, 2.45) is 11.5 Å². The molecule has 0 unspecified atom stereocenters. The fourth-order valence-corrected chi connectivity index (χ4v) is 3.30. The van der Waals surface area contributed by atoms with Crippen LogP contribution in [0.2, 0.25) is 0 Å². The summed E-state index contributed by atoms with van der Waals surface area (Å²) in [6, 6.07) is 11.1. The third-order valence-electron chi connectivity index (χ3n) is 4.88. The van der Waals surface area contributed by atoms with Crippen molar-refractivity contribution in [2.45, 2.75) is 20.3 Å². The number of amides is 3. The quantitative estimate of drug-likeness (QED) is 0.520. The Hall–Kier alpha value is -3.87. The first-order chi connectivity index (χ1) is 14.2. The van der Waals surface area contributed by atoms with E-state index in [1.807, 2.05) is 38.1 Å². The van der Waals surface area contributed by atoms with Gasteiger partial charge in [-0.3, -0.25) is 19.3 Å². The second kappa shape index (κ2) is 8.24. The van der Waals surface area contributed by atoms with E-state index in [0.717, 1.165) is 21.6 Å². The van der Waals surface area contributed by atoms with Gasteiger partial charge in [-0.15, -0.1) is 0 Å². The Labute approximate surface area is 176 Å². The number of fused-ring (bicyclic) bond motifs is 1. The van der Waals surface area contributed by atoms with Crippen molar-refractivity contribution in [3.63, 3.8) is 0 Å². The van der Waals surface area contributed by atoms with Crippen LogP contribution in [0.25, 0.3) is 5.70 Å². The largest absolute Gasteiger partial charge is 0.398 e. The van der Waals surface area contributed by atoms with Crippen LogP contribution in [0.4, 0.5) is 0 Å². The smallest absolute Gasteiger partial charge is 0.261 e. The van der Waals surface area contributed by atoms with Crippen LogP contribution in [-0.2, 0) is 11.2 Å². The van der Waals surface area contributed by atoms with Gasteiger partial charge < -0.3 is 16.8 Å². The third kappa shape index (κ3) is 4.25. The molecule has 0 saturated heterocycles. The molecule has 3 amide bonds. The van der Waals surface area contributed by atoms with Crippen molar-refractivity contribution >= 4 is 23.4 Å². The van der Waals surface area contributed by atoms with E-state index in [0.29, 0.717) is 16.8 Å². The normalized spacial score (nSPS) is 14.2. The Morgan fingerprint density at radius 3 is 2.37 bits per heavy atom. The van der Waals surface area contributed by atoms with Crippen molar-refractivity contribution in [3.8, 4) is 0 Å². The number of nitrogens with two attached hydrogens (primary N) is 2. The second-order valence-corrected chi connectivity index (χ2v) is 7.35. The molecule has 7 nitrogen and oxygen atoms in total. The maximum atomic E-state index is 12.5. The number of hydrogen-bond donors (Lipinski definition) is 3. The highest BCUT2D eigenvalue weighted by Crippen LogP contribution is 2.27. The van der Waals surface area contributed by atoms with E-state index in [1.165, 1.54) is 13.1 Å². The fourth-order valence-electron chi connectivity index (χ4n) is 3.30. The Morgan fingerprint density at radius 2 is 1.70 bits per heavy atom. The van der Waals surface area contributed by atoms with Crippen molar-refractivity contribution in [3.05, 3.63) is 87.8 Å². The lowest BCUT2D eigenvalue weighted by atomic mass is 9.97. The number of benzene rings is 2. The van der Waals surface area contributed by atoms with Crippen LogP contribution < -0.4 is 16.8 Å². The first kappa shape index (κ1) is 20.9. The molecule has 0 atom stereocenters. The summed E-state index contributed by atoms with van der Waals surface area (Å²) in [5.41, 5.74) is 16.3. The first-order valence-electron chi connectivity index (χ1n) is 9.43. The summed E-state index contributed by atoms with van der Waals surface area (Å²) in [5, 5.41) is 2.58. The number of hydrogen-bond acceptors (Lipinski definition) is 5. The minimum absolute atomic E-state index is 0. The number of aryl methyl sites for hydroxylation is 2. The number of carbonyl (C=O) groups excluding carboxylic acids is 3. The van der Waals surface area contributed by atoms with Crippen LogP contribution in [0, 0.1) is 13.8 Å². The van der Waals surface area contributed by atoms with Gasteiger partial charge in [-0.1, -0.05) is 35.9 Å². The standard InChI is InChI=1S/C23H24N4O3.H2/c1-13-4-6-15(7-5-13)18(24)8-9-19(25)26-20(28)12-16-10-14(2)11-17-21(16)23(30)27(3)22(17)29;/h4-11H,12,24-25H2,1-3H3,(H,26,28);1H/b18-8-,19-9+;. The van der Waals surface area contributed by atoms with E-state index in [9.17, 15) is 14.4 Å². The number of allylic oxidation sites excluding steroid dienone is 2. The minimum atomic E-state index is -0.407. The van der Waals surface area contributed by atoms with Gasteiger partial charge in [0.25, 0.3) is 11.8 Å². The summed E-state index contributed by atoms with van der Waals surface area (Å²) in [6.07, 6.45) is 3.04. The van der Waals surface area contributed by atoms with Crippen LogP contribution in [0.15, 0.2) is 54.4 Å². The lowest BCUT2D eigenvalue weighted by Crippen LogP contribution is -2.29. The zero-order valence-electron chi connectivity index (χ0n) is 17.2. The Balaban J connectivity index is 0.00000341. The van der Waals surface area contributed by atoms with Gasteiger partial charge >= 0.3 is 0 Å². The zero-order chi connectivity index (χ0) is 22.0. The van der Waals surface area contributed by atoms with E-state index >= 15 is 0 Å². The van der Waals surface area contributed by atoms with Gasteiger partial charge in [0.05, 0.1) is 17.5 Å². The van der Waals surface area contributed by atoms with Crippen LogP contribution in [-0.4, -0.2) is 29.7 Å². The molecule has 0 radical (unpaired) electrons. The number of imide groups is 1. The molecule has 2 aromatic rings. The van der Waals surface area contributed by atoms with Gasteiger partial charge in [-0.05, 0) is 48.8 Å². The lowest BCUT2D eigenvalue weighted by Gasteiger charge is -2.09. The summed E-state index contributed by atoms with van der Waals surface area (Å²) in [7, 11) is 1.43. The highest BCUT2D eigenvalue weighted by molar-refractivity contribution is 6.22. The summed E-state index contributed by atoms with van der Waals surface area (Å²) in [5.74, 6) is -1.04. The molecule has 7 heteroatoms. The Morgan fingerprint density at radius 1 is 1.03 bits per heavy atom. The molecule has 1 aliphatic heterocycles. The van der Waals surface area contributed by atoms with Crippen LogP contribution >= 0.6 is 0 Å². The molecule has 30 heavy (non-hydrogen) atoms.